The maximum absolute atomic E-state index is 12.8. The van der Waals surface area contributed by atoms with Crippen LogP contribution in [0.3, 0.4) is 0 Å². The molecule has 1 fully saturated rings. The number of anilines is 2. The zero-order valence-corrected chi connectivity index (χ0v) is 17.2. The molecule has 2 aromatic carbocycles. The van der Waals surface area contributed by atoms with E-state index in [1.54, 1.807) is 16.2 Å². The molecule has 150 valence electrons. The quantitative estimate of drug-likeness (QED) is 0.537. The first-order valence-electron chi connectivity index (χ1n) is 9.77. The standard InChI is InChI=1S/C23H20N4O2S/c1-15-5-7-19(8-6-15)27-13-17(12-21(27)28)22(29)24-18-4-2-3-16(11-18)20-14-26-9-10-30-23(26)25-20/h2-11,14,17H,12-13H2,1H3,(H,24,29). The minimum absolute atomic E-state index is 0.0224. The Morgan fingerprint density at radius 1 is 1.20 bits per heavy atom. The summed E-state index contributed by atoms with van der Waals surface area (Å²) in [7, 11) is 0. The number of thiazole rings is 1. The third-order valence-electron chi connectivity index (χ3n) is 5.36. The molecule has 2 aromatic heterocycles. The van der Waals surface area contributed by atoms with E-state index in [1.165, 1.54) is 0 Å². The van der Waals surface area contributed by atoms with Crippen molar-refractivity contribution in [3.63, 3.8) is 0 Å². The fraction of sp³-hybridized carbons (Fsp3) is 0.174. The highest BCUT2D eigenvalue weighted by molar-refractivity contribution is 7.15. The molecule has 0 radical (unpaired) electrons. The Morgan fingerprint density at radius 3 is 2.83 bits per heavy atom. The van der Waals surface area contributed by atoms with Crippen LogP contribution >= 0.6 is 11.3 Å². The SMILES string of the molecule is Cc1ccc(N2CC(C(=O)Nc3cccc(-c4cn5ccsc5n4)c3)CC2=O)cc1. The van der Waals surface area contributed by atoms with Crippen molar-refractivity contribution in [2.24, 2.45) is 5.92 Å². The van der Waals surface area contributed by atoms with Crippen LogP contribution in [0.5, 0.6) is 0 Å². The van der Waals surface area contributed by atoms with E-state index in [0.717, 1.165) is 27.5 Å². The summed E-state index contributed by atoms with van der Waals surface area (Å²) in [6, 6.07) is 15.4. The fourth-order valence-electron chi connectivity index (χ4n) is 3.72. The summed E-state index contributed by atoms with van der Waals surface area (Å²) in [4.78, 5) is 32.5. The third kappa shape index (κ3) is 3.48. The minimum atomic E-state index is -0.375. The van der Waals surface area contributed by atoms with Crippen LogP contribution in [-0.2, 0) is 9.59 Å². The fourth-order valence-corrected chi connectivity index (χ4v) is 4.42. The van der Waals surface area contributed by atoms with Crippen molar-refractivity contribution in [2.75, 3.05) is 16.8 Å². The van der Waals surface area contributed by atoms with Gasteiger partial charge in [0, 0.05) is 47.7 Å². The monoisotopic (exact) mass is 416 g/mol. The number of carbonyl (C=O) groups is 2. The Bertz CT molecular complexity index is 1210. The number of carbonyl (C=O) groups excluding carboxylic acids is 2. The lowest BCUT2D eigenvalue weighted by Gasteiger charge is -2.17. The van der Waals surface area contributed by atoms with E-state index in [9.17, 15) is 9.59 Å². The molecule has 1 N–H and O–H groups in total. The van der Waals surface area contributed by atoms with Gasteiger partial charge in [-0.25, -0.2) is 4.98 Å². The highest BCUT2D eigenvalue weighted by Gasteiger charge is 2.35. The number of hydrogen-bond acceptors (Lipinski definition) is 4. The van der Waals surface area contributed by atoms with Gasteiger partial charge in [-0.15, -0.1) is 11.3 Å². The van der Waals surface area contributed by atoms with Crippen LogP contribution in [0, 0.1) is 12.8 Å². The Hall–Kier alpha value is -3.45. The number of amides is 2. The first-order valence-corrected chi connectivity index (χ1v) is 10.7. The van der Waals surface area contributed by atoms with Crippen LogP contribution in [0.4, 0.5) is 11.4 Å². The number of rotatable bonds is 4. The van der Waals surface area contributed by atoms with Gasteiger partial charge in [-0.05, 0) is 31.2 Å². The molecular weight excluding hydrogens is 396 g/mol. The second-order valence-electron chi connectivity index (χ2n) is 7.53. The molecule has 0 aliphatic carbocycles. The molecule has 2 amide bonds. The molecule has 4 aromatic rings. The zero-order chi connectivity index (χ0) is 20.7. The van der Waals surface area contributed by atoms with Gasteiger partial charge in [-0.2, -0.15) is 0 Å². The van der Waals surface area contributed by atoms with Crippen molar-refractivity contribution >= 4 is 39.5 Å². The number of nitrogens with zero attached hydrogens (tertiary/aromatic N) is 3. The van der Waals surface area contributed by atoms with Gasteiger partial charge in [-0.1, -0.05) is 29.8 Å². The smallest absolute Gasteiger partial charge is 0.229 e. The number of benzene rings is 2. The van der Waals surface area contributed by atoms with Crippen LogP contribution in [0.2, 0.25) is 0 Å². The van der Waals surface area contributed by atoms with Crippen molar-refractivity contribution in [2.45, 2.75) is 13.3 Å². The average molecular weight is 417 g/mol. The van der Waals surface area contributed by atoms with Crippen LogP contribution < -0.4 is 10.2 Å². The van der Waals surface area contributed by atoms with E-state index in [4.69, 9.17) is 0 Å². The Labute approximate surface area is 177 Å². The average Bonchev–Trinajstić information content (AvgIpc) is 3.44. The molecule has 30 heavy (non-hydrogen) atoms. The van der Waals surface area contributed by atoms with Crippen LogP contribution in [0.25, 0.3) is 16.2 Å². The van der Waals surface area contributed by atoms with E-state index < -0.39 is 0 Å². The molecule has 1 saturated heterocycles. The summed E-state index contributed by atoms with van der Waals surface area (Å²) < 4.78 is 1.98. The van der Waals surface area contributed by atoms with Crippen molar-refractivity contribution in [3.8, 4) is 11.3 Å². The van der Waals surface area contributed by atoms with E-state index in [0.29, 0.717) is 12.2 Å². The van der Waals surface area contributed by atoms with E-state index in [-0.39, 0.29) is 24.2 Å². The second kappa shape index (κ2) is 7.42. The molecule has 1 aliphatic rings. The summed E-state index contributed by atoms with van der Waals surface area (Å²) in [5.74, 6) is -0.535. The number of aromatic nitrogens is 2. The van der Waals surface area contributed by atoms with E-state index in [2.05, 4.69) is 10.3 Å². The number of fused-ring (bicyclic) bond motifs is 1. The van der Waals surface area contributed by atoms with Crippen molar-refractivity contribution in [3.05, 3.63) is 71.9 Å². The van der Waals surface area contributed by atoms with Gasteiger partial charge < -0.3 is 10.2 Å². The summed E-state index contributed by atoms with van der Waals surface area (Å²) in [5, 5.41) is 4.97. The van der Waals surface area contributed by atoms with Gasteiger partial charge in [0.15, 0.2) is 4.96 Å². The summed E-state index contributed by atoms with van der Waals surface area (Å²) in [5.41, 5.74) is 4.47. The number of aryl methyl sites for hydroxylation is 1. The van der Waals surface area contributed by atoms with Crippen molar-refractivity contribution < 1.29 is 9.59 Å². The highest BCUT2D eigenvalue weighted by Crippen LogP contribution is 2.28. The van der Waals surface area contributed by atoms with E-state index in [1.807, 2.05) is 77.6 Å². The molecule has 6 nitrogen and oxygen atoms in total. The minimum Gasteiger partial charge on any atom is -0.326 e. The third-order valence-corrected chi connectivity index (χ3v) is 6.13. The lowest BCUT2D eigenvalue weighted by Crippen LogP contribution is -2.28. The van der Waals surface area contributed by atoms with E-state index >= 15 is 0 Å². The van der Waals surface area contributed by atoms with Gasteiger partial charge in [0.2, 0.25) is 11.8 Å². The molecule has 0 bridgehead atoms. The molecule has 1 unspecified atom stereocenters. The first-order chi connectivity index (χ1) is 14.6. The summed E-state index contributed by atoms with van der Waals surface area (Å²) in [6.45, 7) is 2.40. The number of nitrogens with one attached hydrogen (secondary N) is 1. The normalized spacial score (nSPS) is 16.4. The molecule has 3 heterocycles. The molecule has 5 rings (SSSR count). The molecular formula is C23H20N4O2S. The maximum atomic E-state index is 12.8. The van der Waals surface area contributed by atoms with Crippen molar-refractivity contribution in [1.82, 2.24) is 9.38 Å². The van der Waals surface area contributed by atoms with Crippen LogP contribution in [0.15, 0.2) is 66.3 Å². The topological polar surface area (TPSA) is 66.7 Å². The van der Waals surface area contributed by atoms with Gasteiger partial charge >= 0.3 is 0 Å². The summed E-state index contributed by atoms with van der Waals surface area (Å²) in [6.07, 6.45) is 4.16. The molecule has 1 aliphatic heterocycles. The second-order valence-corrected chi connectivity index (χ2v) is 8.40. The molecule has 0 spiro atoms. The van der Waals surface area contributed by atoms with Crippen LogP contribution in [0.1, 0.15) is 12.0 Å². The Balaban J connectivity index is 1.30. The number of imidazole rings is 1. The number of hydrogen-bond donors (Lipinski definition) is 1. The van der Waals surface area contributed by atoms with Crippen LogP contribution in [-0.4, -0.2) is 27.7 Å². The molecule has 7 heteroatoms. The lowest BCUT2D eigenvalue weighted by atomic mass is 10.1. The van der Waals surface area contributed by atoms with Gasteiger partial charge in [0.1, 0.15) is 0 Å². The summed E-state index contributed by atoms with van der Waals surface area (Å²) >= 11 is 1.58. The lowest BCUT2D eigenvalue weighted by molar-refractivity contribution is -0.122. The van der Waals surface area contributed by atoms with Gasteiger partial charge in [0.05, 0.1) is 11.6 Å². The van der Waals surface area contributed by atoms with Crippen molar-refractivity contribution in [1.29, 1.82) is 0 Å². The maximum Gasteiger partial charge on any atom is 0.229 e. The highest BCUT2D eigenvalue weighted by atomic mass is 32.1. The van der Waals surface area contributed by atoms with Gasteiger partial charge in [0.25, 0.3) is 0 Å². The predicted molar refractivity (Wildman–Crippen MR) is 119 cm³/mol. The molecule has 1 atom stereocenters. The molecule has 0 saturated carbocycles. The zero-order valence-electron chi connectivity index (χ0n) is 16.4. The van der Waals surface area contributed by atoms with Gasteiger partial charge in [-0.3, -0.25) is 14.0 Å². The Morgan fingerprint density at radius 2 is 2.03 bits per heavy atom. The Kier molecular flexibility index (Phi) is 4.59. The first kappa shape index (κ1) is 18.6. The largest absolute Gasteiger partial charge is 0.326 e. The predicted octanol–water partition coefficient (Wildman–Crippen LogP) is 4.36.